The van der Waals surface area contributed by atoms with Crippen molar-refractivity contribution in [3.05, 3.63) is 107 Å². The van der Waals surface area contributed by atoms with E-state index in [1.807, 2.05) is 75.4 Å². The third-order valence-electron chi connectivity index (χ3n) is 6.47. The lowest BCUT2D eigenvalue weighted by Crippen LogP contribution is -2.50. The van der Waals surface area contributed by atoms with Crippen LogP contribution < -0.4 is 10.2 Å². The Balaban J connectivity index is 1.72. The maximum atomic E-state index is 13.9. The van der Waals surface area contributed by atoms with Crippen molar-refractivity contribution >= 4 is 29.1 Å². The van der Waals surface area contributed by atoms with Crippen molar-refractivity contribution in [1.29, 1.82) is 0 Å². The van der Waals surface area contributed by atoms with Crippen molar-refractivity contribution in [3.63, 3.8) is 0 Å². The largest absolute Gasteiger partial charge is 0.349 e. The van der Waals surface area contributed by atoms with E-state index in [2.05, 4.69) is 34.1 Å². The summed E-state index contributed by atoms with van der Waals surface area (Å²) in [5.74, 6) is -0.347. The normalized spacial score (nSPS) is 14.3. The predicted molar refractivity (Wildman–Crippen MR) is 149 cm³/mol. The van der Waals surface area contributed by atoms with Crippen LogP contribution in [0.2, 0.25) is 5.02 Å². The van der Waals surface area contributed by atoms with Gasteiger partial charge in [-0.3, -0.25) is 14.5 Å². The number of aromatic nitrogens is 1. The molecule has 0 fully saturated rings. The summed E-state index contributed by atoms with van der Waals surface area (Å²) in [5.41, 5.74) is 4.96. The molecule has 6 heteroatoms. The van der Waals surface area contributed by atoms with Crippen LogP contribution in [0.5, 0.6) is 0 Å². The van der Waals surface area contributed by atoms with Crippen LogP contribution in [0.3, 0.4) is 0 Å². The molecule has 5 nitrogen and oxygen atoms in total. The van der Waals surface area contributed by atoms with Crippen LogP contribution in [0.15, 0.2) is 91.0 Å². The lowest BCUT2D eigenvalue weighted by molar-refractivity contribution is -0.127. The van der Waals surface area contributed by atoms with E-state index < -0.39 is 11.6 Å². The molecular weight excluding hydrogens is 482 g/mol. The topological polar surface area (TPSA) is 54.3 Å². The molecule has 0 radical (unpaired) electrons. The van der Waals surface area contributed by atoms with Crippen molar-refractivity contribution in [2.75, 3.05) is 4.90 Å². The van der Waals surface area contributed by atoms with Gasteiger partial charge in [0, 0.05) is 22.7 Å². The highest BCUT2D eigenvalue weighted by Gasteiger charge is 2.36. The Hall–Kier alpha value is -3.83. The molecule has 0 bridgehead atoms. The second kappa shape index (κ2) is 9.91. The van der Waals surface area contributed by atoms with Crippen molar-refractivity contribution in [2.45, 2.75) is 45.2 Å². The van der Waals surface area contributed by atoms with Crippen LogP contribution in [0, 0.1) is 0 Å². The Morgan fingerprint density at radius 3 is 2.16 bits per heavy atom. The number of fused-ring (bicyclic) bond motifs is 3. The highest BCUT2D eigenvalue weighted by Crippen LogP contribution is 2.39. The van der Waals surface area contributed by atoms with Gasteiger partial charge in [-0.05, 0) is 74.7 Å². The maximum absolute atomic E-state index is 13.9. The number of hydrogen-bond donors (Lipinski definition) is 1. The number of nitrogens with one attached hydrogen (secondary N) is 1. The van der Waals surface area contributed by atoms with Crippen LogP contribution >= 0.6 is 11.6 Å². The first-order chi connectivity index (χ1) is 17.7. The number of anilines is 1. The van der Waals surface area contributed by atoms with Gasteiger partial charge in [-0.25, -0.2) is 0 Å². The van der Waals surface area contributed by atoms with E-state index in [0.717, 1.165) is 22.6 Å². The molecule has 0 saturated heterocycles. The summed E-state index contributed by atoms with van der Waals surface area (Å²) >= 11 is 6.18. The molecular formula is C31H30ClN3O2. The Kier molecular flexibility index (Phi) is 6.65. The predicted octanol–water partition coefficient (Wildman–Crippen LogP) is 6.73. The van der Waals surface area contributed by atoms with Gasteiger partial charge >= 0.3 is 0 Å². The minimum Gasteiger partial charge on any atom is -0.349 e. The molecule has 188 valence electrons. The second-order valence-electron chi connectivity index (χ2n) is 10.4. The van der Waals surface area contributed by atoms with Gasteiger partial charge in [-0.1, -0.05) is 66.2 Å². The zero-order valence-electron chi connectivity index (χ0n) is 21.2. The average Bonchev–Trinajstić information content (AvgIpc) is 3.28. The second-order valence-corrected chi connectivity index (χ2v) is 10.8. The smallest absolute Gasteiger partial charge is 0.248 e. The van der Waals surface area contributed by atoms with Crippen LogP contribution in [0.25, 0.3) is 16.9 Å². The Bertz CT molecular complexity index is 1440. The highest BCUT2D eigenvalue weighted by molar-refractivity contribution is 6.30. The highest BCUT2D eigenvalue weighted by atomic mass is 35.5. The Morgan fingerprint density at radius 1 is 0.838 bits per heavy atom. The number of halogens is 1. The molecule has 1 N–H and O–H groups in total. The van der Waals surface area contributed by atoms with Gasteiger partial charge < -0.3 is 9.88 Å². The van der Waals surface area contributed by atoms with Crippen LogP contribution in [0.4, 0.5) is 5.69 Å². The number of benzene rings is 3. The fourth-order valence-electron chi connectivity index (χ4n) is 4.92. The van der Waals surface area contributed by atoms with E-state index in [0.29, 0.717) is 22.7 Å². The molecule has 1 unspecified atom stereocenters. The molecule has 0 spiro atoms. The minimum absolute atomic E-state index is 0.106. The number of aryl methyl sites for hydroxylation is 1. The van der Waals surface area contributed by atoms with E-state index in [1.165, 1.54) is 0 Å². The minimum atomic E-state index is -0.859. The molecule has 3 aromatic carbocycles. The van der Waals surface area contributed by atoms with Gasteiger partial charge in [0.05, 0.1) is 17.1 Å². The lowest BCUT2D eigenvalue weighted by Gasteiger charge is -2.36. The summed E-state index contributed by atoms with van der Waals surface area (Å²) in [6, 6.07) is 28.5. The molecule has 1 aliphatic rings. The third-order valence-corrected chi connectivity index (χ3v) is 6.72. The quantitative estimate of drug-likeness (QED) is 0.330. The first kappa shape index (κ1) is 24.8. The van der Waals surface area contributed by atoms with Gasteiger partial charge in [0.2, 0.25) is 11.8 Å². The summed E-state index contributed by atoms with van der Waals surface area (Å²) in [5, 5.41) is 3.67. The van der Waals surface area contributed by atoms with E-state index in [-0.39, 0.29) is 18.2 Å². The van der Waals surface area contributed by atoms with Gasteiger partial charge in [-0.15, -0.1) is 0 Å². The summed E-state index contributed by atoms with van der Waals surface area (Å²) in [4.78, 5) is 29.4. The summed E-state index contributed by atoms with van der Waals surface area (Å²) in [6.45, 7) is 5.81. The number of hydrogen-bond acceptors (Lipinski definition) is 2. The molecule has 0 saturated carbocycles. The van der Waals surface area contributed by atoms with Gasteiger partial charge in [0.25, 0.3) is 0 Å². The van der Waals surface area contributed by atoms with Crippen LogP contribution in [-0.4, -0.2) is 21.9 Å². The standard InChI is InChI=1S/C31H30ClN3O2/c1-31(2,3)33-30(37)29(22-13-15-23(32)16-14-22)35-27-12-8-7-11-26(27)34-24(18-20-28(35)36)17-19-25(34)21-9-5-4-6-10-21/h4-17,19,29H,18,20H2,1-3H3,(H,33,37). The number of para-hydroxylation sites is 2. The van der Waals surface area contributed by atoms with Crippen molar-refractivity contribution in [3.8, 4) is 16.9 Å². The van der Waals surface area contributed by atoms with Crippen LogP contribution in [-0.2, 0) is 16.0 Å². The Labute approximate surface area is 222 Å². The van der Waals surface area contributed by atoms with Crippen LogP contribution in [0.1, 0.15) is 44.5 Å². The summed E-state index contributed by atoms with van der Waals surface area (Å²) < 4.78 is 2.21. The van der Waals surface area contributed by atoms with E-state index in [9.17, 15) is 9.59 Å². The summed E-state index contributed by atoms with van der Waals surface area (Å²) in [7, 11) is 0. The number of carbonyl (C=O) groups excluding carboxylic acids is 2. The molecule has 4 aromatic rings. The van der Waals surface area contributed by atoms with E-state index >= 15 is 0 Å². The Morgan fingerprint density at radius 2 is 1.49 bits per heavy atom. The maximum Gasteiger partial charge on any atom is 0.248 e. The molecule has 37 heavy (non-hydrogen) atoms. The average molecular weight is 512 g/mol. The number of amides is 2. The zero-order valence-corrected chi connectivity index (χ0v) is 22.0. The van der Waals surface area contributed by atoms with Crippen molar-refractivity contribution in [1.82, 2.24) is 9.88 Å². The lowest BCUT2D eigenvalue weighted by atomic mass is 9.99. The molecule has 5 rings (SSSR count). The monoisotopic (exact) mass is 511 g/mol. The first-order valence-corrected chi connectivity index (χ1v) is 12.9. The third kappa shape index (κ3) is 5.05. The summed E-state index contributed by atoms with van der Waals surface area (Å²) in [6.07, 6.45) is 0.837. The van der Waals surface area contributed by atoms with Crippen molar-refractivity contribution < 1.29 is 9.59 Å². The molecule has 1 atom stereocenters. The fourth-order valence-corrected chi connectivity index (χ4v) is 5.05. The van der Waals surface area contributed by atoms with Crippen molar-refractivity contribution in [2.24, 2.45) is 0 Å². The zero-order chi connectivity index (χ0) is 26.2. The van der Waals surface area contributed by atoms with Gasteiger partial charge in [0.1, 0.15) is 6.04 Å². The number of rotatable bonds is 4. The fraction of sp³-hybridized carbons (Fsp3) is 0.226. The first-order valence-electron chi connectivity index (χ1n) is 12.5. The molecule has 0 aliphatic carbocycles. The molecule has 1 aromatic heterocycles. The molecule has 1 aliphatic heterocycles. The van der Waals surface area contributed by atoms with Gasteiger partial charge in [0.15, 0.2) is 0 Å². The van der Waals surface area contributed by atoms with E-state index in [1.54, 1.807) is 17.0 Å². The number of carbonyl (C=O) groups is 2. The van der Waals surface area contributed by atoms with Gasteiger partial charge in [-0.2, -0.15) is 0 Å². The molecule has 2 amide bonds. The molecule has 2 heterocycles. The SMILES string of the molecule is CC(C)(C)NC(=O)C(c1ccc(Cl)cc1)N1C(=O)CCc2ccc(-c3ccccc3)n2-c2ccccc21. The number of nitrogens with zero attached hydrogens (tertiary/aromatic N) is 2. The van der Waals surface area contributed by atoms with E-state index in [4.69, 9.17) is 11.6 Å².